The molecular formula is C32H39N3O2. The van der Waals surface area contributed by atoms with Gasteiger partial charge >= 0.3 is 0 Å². The van der Waals surface area contributed by atoms with Crippen molar-refractivity contribution in [3.63, 3.8) is 0 Å². The minimum Gasteiger partial charge on any atom is -0.366 e. The first-order valence-electron chi connectivity index (χ1n) is 13.3. The first kappa shape index (κ1) is 26.5. The van der Waals surface area contributed by atoms with Gasteiger partial charge < -0.3 is 16.0 Å². The topological polar surface area (TPSA) is 88.0 Å². The van der Waals surface area contributed by atoms with Crippen LogP contribution in [0.15, 0.2) is 42.5 Å². The van der Waals surface area contributed by atoms with Gasteiger partial charge in [0.25, 0.3) is 5.91 Å². The third kappa shape index (κ3) is 5.87. The van der Waals surface area contributed by atoms with Gasteiger partial charge in [-0.05, 0) is 99.4 Å². The summed E-state index contributed by atoms with van der Waals surface area (Å²) in [6, 6.07) is 13.4. The summed E-state index contributed by atoms with van der Waals surface area (Å²) in [4.78, 5) is 29.3. The standard InChI is InChI=1S/C32H39N3O2/c1-19-11-14-24(15-12-19)22(4)35-32(37)26-16-13-20(2)27(17-26)28(31(33)36)18-29-21(3)30(23(5)34-29)25-9-7-6-8-10-25/h11-18,22,25,34H,6-10H2,1-5H3,(H2,33,36)(H,35,37)/b28-18-. The van der Waals surface area contributed by atoms with Crippen molar-refractivity contribution in [2.45, 2.75) is 78.7 Å². The molecule has 37 heavy (non-hydrogen) atoms. The lowest BCUT2D eigenvalue weighted by Gasteiger charge is -2.22. The van der Waals surface area contributed by atoms with Gasteiger partial charge in [0, 0.05) is 22.5 Å². The molecule has 4 N–H and O–H groups in total. The Morgan fingerprint density at radius 3 is 2.32 bits per heavy atom. The largest absolute Gasteiger partial charge is 0.366 e. The van der Waals surface area contributed by atoms with E-state index in [2.05, 4.69) is 24.1 Å². The van der Waals surface area contributed by atoms with Crippen LogP contribution in [0.3, 0.4) is 0 Å². The minimum absolute atomic E-state index is 0.147. The molecule has 1 fully saturated rings. The number of carbonyl (C=O) groups excluding carboxylic acids is 2. The molecule has 194 valence electrons. The lowest BCUT2D eigenvalue weighted by Crippen LogP contribution is -2.27. The Kier molecular flexibility index (Phi) is 8.01. The number of amides is 2. The van der Waals surface area contributed by atoms with E-state index in [0.717, 1.165) is 22.5 Å². The van der Waals surface area contributed by atoms with Gasteiger partial charge in [0.15, 0.2) is 0 Å². The molecule has 2 amide bonds. The summed E-state index contributed by atoms with van der Waals surface area (Å²) in [5.41, 5.74) is 15.2. The summed E-state index contributed by atoms with van der Waals surface area (Å²) < 4.78 is 0. The second-order valence-electron chi connectivity index (χ2n) is 10.6. The van der Waals surface area contributed by atoms with Gasteiger partial charge in [-0.25, -0.2) is 0 Å². The number of hydrogen-bond acceptors (Lipinski definition) is 2. The Morgan fingerprint density at radius 2 is 1.68 bits per heavy atom. The minimum atomic E-state index is -0.514. The molecule has 1 atom stereocenters. The van der Waals surface area contributed by atoms with Crippen LogP contribution in [-0.4, -0.2) is 16.8 Å². The molecule has 2 aromatic carbocycles. The summed E-state index contributed by atoms with van der Waals surface area (Å²) in [5.74, 6) is -0.141. The van der Waals surface area contributed by atoms with Gasteiger partial charge in [0.2, 0.25) is 5.91 Å². The van der Waals surface area contributed by atoms with E-state index in [1.807, 2.05) is 57.2 Å². The summed E-state index contributed by atoms with van der Waals surface area (Å²) in [7, 11) is 0. The van der Waals surface area contributed by atoms with Crippen LogP contribution in [0.5, 0.6) is 0 Å². The van der Waals surface area contributed by atoms with E-state index in [1.165, 1.54) is 48.8 Å². The first-order valence-corrected chi connectivity index (χ1v) is 13.3. The fourth-order valence-corrected chi connectivity index (χ4v) is 5.64. The number of H-pyrrole nitrogens is 1. The molecule has 1 aliphatic rings. The number of aromatic nitrogens is 1. The number of hydrogen-bond donors (Lipinski definition) is 3. The van der Waals surface area contributed by atoms with Gasteiger partial charge in [-0.1, -0.05) is 55.2 Å². The van der Waals surface area contributed by atoms with Gasteiger partial charge in [0.05, 0.1) is 6.04 Å². The van der Waals surface area contributed by atoms with E-state index in [0.29, 0.717) is 22.6 Å². The molecule has 1 heterocycles. The molecule has 1 saturated carbocycles. The maximum Gasteiger partial charge on any atom is 0.251 e. The van der Waals surface area contributed by atoms with Crippen LogP contribution in [0.4, 0.5) is 0 Å². The van der Waals surface area contributed by atoms with Crippen LogP contribution in [0.1, 0.15) is 106 Å². The van der Waals surface area contributed by atoms with E-state index in [4.69, 9.17) is 5.73 Å². The predicted molar refractivity (Wildman–Crippen MR) is 151 cm³/mol. The molecule has 0 saturated heterocycles. The number of primary amides is 1. The molecule has 0 radical (unpaired) electrons. The van der Waals surface area contributed by atoms with Crippen molar-refractivity contribution in [3.05, 3.63) is 92.8 Å². The van der Waals surface area contributed by atoms with Crippen LogP contribution in [-0.2, 0) is 4.79 Å². The molecule has 0 aliphatic heterocycles. The number of aryl methyl sites for hydroxylation is 3. The highest BCUT2D eigenvalue weighted by molar-refractivity contribution is 6.24. The van der Waals surface area contributed by atoms with E-state index in [9.17, 15) is 9.59 Å². The van der Waals surface area contributed by atoms with Crippen LogP contribution in [0.2, 0.25) is 0 Å². The summed E-state index contributed by atoms with van der Waals surface area (Å²) in [5, 5.41) is 3.07. The molecular weight excluding hydrogens is 458 g/mol. The Labute approximate surface area is 220 Å². The van der Waals surface area contributed by atoms with Crippen molar-refractivity contribution in [3.8, 4) is 0 Å². The molecule has 5 heteroatoms. The van der Waals surface area contributed by atoms with E-state index < -0.39 is 5.91 Å². The molecule has 1 aliphatic carbocycles. The van der Waals surface area contributed by atoms with Gasteiger partial charge in [-0.3, -0.25) is 9.59 Å². The number of nitrogens with one attached hydrogen (secondary N) is 2. The van der Waals surface area contributed by atoms with Crippen molar-refractivity contribution in [2.24, 2.45) is 5.73 Å². The van der Waals surface area contributed by atoms with Crippen molar-refractivity contribution >= 4 is 23.5 Å². The Balaban J connectivity index is 1.64. The Bertz CT molecular complexity index is 1320. The van der Waals surface area contributed by atoms with E-state index in [-0.39, 0.29) is 11.9 Å². The van der Waals surface area contributed by atoms with Gasteiger partial charge in [0.1, 0.15) is 0 Å². The van der Waals surface area contributed by atoms with Crippen LogP contribution < -0.4 is 11.1 Å². The molecule has 5 nitrogen and oxygen atoms in total. The molecule has 0 bridgehead atoms. The smallest absolute Gasteiger partial charge is 0.251 e. The average molecular weight is 498 g/mol. The number of rotatable bonds is 7. The Hall–Kier alpha value is -3.60. The third-order valence-electron chi connectivity index (χ3n) is 7.82. The summed E-state index contributed by atoms with van der Waals surface area (Å²) in [6.07, 6.45) is 8.12. The third-order valence-corrected chi connectivity index (χ3v) is 7.82. The van der Waals surface area contributed by atoms with E-state index >= 15 is 0 Å². The normalized spacial score (nSPS) is 15.4. The number of aromatic amines is 1. The zero-order valence-corrected chi connectivity index (χ0v) is 22.7. The zero-order chi connectivity index (χ0) is 26.7. The van der Waals surface area contributed by atoms with Crippen LogP contribution >= 0.6 is 0 Å². The number of carbonyl (C=O) groups is 2. The zero-order valence-electron chi connectivity index (χ0n) is 22.7. The highest BCUT2D eigenvalue weighted by Gasteiger charge is 2.23. The highest BCUT2D eigenvalue weighted by Crippen LogP contribution is 2.38. The maximum absolute atomic E-state index is 13.1. The predicted octanol–water partition coefficient (Wildman–Crippen LogP) is 6.81. The van der Waals surface area contributed by atoms with E-state index in [1.54, 1.807) is 12.1 Å². The lowest BCUT2D eigenvalue weighted by molar-refractivity contribution is -0.112. The molecule has 1 unspecified atom stereocenters. The quantitative estimate of drug-likeness (QED) is 0.313. The van der Waals surface area contributed by atoms with Gasteiger partial charge in [-0.15, -0.1) is 0 Å². The summed E-state index contributed by atoms with van der Waals surface area (Å²) >= 11 is 0. The SMILES string of the molecule is Cc1ccc(C(C)NC(=O)c2ccc(C)c(/C(=C/c3[nH]c(C)c(C4CCCCC4)c3C)C(N)=O)c2)cc1. The van der Waals surface area contributed by atoms with Crippen molar-refractivity contribution in [2.75, 3.05) is 0 Å². The molecule has 0 spiro atoms. The summed E-state index contributed by atoms with van der Waals surface area (Å²) in [6.45, 7) is 10.2. The maximum atomic E-state index is 13.1. The van der Waals surface area contributed by atoms with Crippen molar-refractivity contribution in [1.29, 1.82) is 0 Å². The van der Waals surface area contributed by atoms with Crippen molar-refractivity contribution in [1.82, 2.24) is 10.3 Å². The van der Waals surface area contributed by atoms with Crippen molar-refractivity contribution < 1.29 is 9.59 Å². The molecule has 4 rings (SSSR count). The van der Waals surface area contributed by atoms with Gasteiger partial charge in [-0.2, -0.15) is 0 Å². The lowest BCUT2D eigenvalue weighted by atomic mass is 9.82. The highest BCUT2D eigenvalue weighted by atomic mass is 16.2. The first-order chi connectivity index (χ1) is 17.7. The number of nitrogens with two attached hydrogens (primary N) is 1. The average Bonchev–Trinajstić information content (AvgIpc) is 3.16. The fraction of sp³-hybridized carbons (Fsp3) is 0.375. The monoisotopic (exact) mass is 497 g/mol. The second-order valence-corrected chi connectivity index (χ2v) is 10.6. The number of benzene rings is 2. The Morgan fingerprint density at radius 1 is 1.00 bits per heavy atom. The molecule has 1 aromatic heterocycles. The van der Waals surface area contributed by atoms with Crippen LogP contribution in [0.25, 0.3) is 11.6 Å². The second kappa shape index (κ2) is 11.2. The fourth-order valence-electron chi connectivity index (χ4n) is 5.64. The van der Waals surface area contributed by atoms with Crippen LogP contribution in [0, 0.1) is 27.7 Å². The molecule has 3 aromatic rings.